The summed E-state index contributed by atoms with van der Waals surface area (Å²) in [5.74, 6) is 1.16. The van der Waals surface area contributed by atoms with Crippen LogP contribution >= 0.6 is 23.2 Å². The summed E-state index contributed by atoms with van der Waals surface area (Å²) in [5, 5.41) is 1.25. The Hall–Kier alpha value is -3.17. The molecule has 0 aliphatic carbocycles. The lowest BCUT2D eigenvalue weighted by Gasteiger charge is -2.47. The quantitative estimate of drug-likeness (QED) is 0.216. The standard InChI is InChI=1S/C37H47Cl2N5O3/c1-8-47-31-24-32(35(2,3)4)40-25-30(31)33-41-36(5,26-10-14-28(38)15-11-26)37(6,27-12-16-29(39)17-13-27)44(33)34(45)43-21-19-42(20-22-43)18-9-23-46-7/h10-17,24-25H,8-9,18-23H2,1-7H3/t36-,37+/m0/s1. The molecule has 1 fully saturated rings. The highest BCUT2D eigenvalue weighted by Crippen LogP contribution is 2.54. The summed E-state index contributed by atoms with van der Waals surface area (Å²) >= 11 is 12.8. The third-order valence-corrected chi connectivity index (χ3v) is 10.1. The average Bonchev–Trinajstić information content (AvgIpc) is 3.29. The molecular weight excluding hydrogens is 633 g/mol. The molecule has 252 valence electrons. The number of hydrogen-bond donors (Lipinski definition) is 0. The van der Waals surface area contributed by atoms with Crippen LogP contribution in [0.4, 0.5) is 4.79 Å². The Kier molecular flexibility index (Phi) is 10.6. The van der Waals surface area contributed by atoms with Gasteiger partial charge < -0.3 is 14.4 Å². The Balaban J connectivity index is 1.69. The number of halogens is 2. The van der Waals surface area contributed by atoms with E-state index in [4.69, 9.17) is 42.7 Å². The number of rotatable bonds is 9. The normalized spacial score (nSPS) is 22.0. The van der Waals surface area contributed by atoms with Crippen LogP contribution in [-0.4, -0.2) is 84.6 Å². The third kappa shape index (κ3) is 6.89. The summed E-state index contributed by atoms with van der Waals surface area (Å²) < 4.78 is 11.5. The minimum Gasteiger partial charge on any atom is -0.493 e. The van der Waals surface area contributed by atoms with Crippen LogP contribution in [0.2, 0.25) is 10.0 Å². The summed E-state index contributed by atoms with van der Waals surface area (Å²) in [7, 11) is 1.73. The molecule has 0 bridgehead atoms. The van der Waals surface area contributed by atoms with Crippen molar-refractivity contribution in [3.05, 3.63) is 93.2 Å². The van der Waals surface area contributed by atoms with E-state index in [0.29, 0.717) is 46.9 Å². The first-order valence-electron chi connectivity index (χ1n) is 16.4. The maximum atomic E-state index is 15.1. The number of hydrogen-bond acceptors (Lipinski definition) is 6. The van der Waals surface area contributed by atoms with Crippen molar-refractivity contribution in [3.63, 3.8) is 0 Å². The first-order valence-corrected chi connectivity index (χ1v) is 17.1. The van der Waals surface area contributed by atoms with Crippen molar-refractivity contribution >= 4 is 35.1 Å². The molecule has 1 aromatic heterocycles. The van der Waals surface area contributed by atoms with Crippen LogP contribution in [-0.2, 0) is 21.2 Å². The number of ether oxygens (including phenoxy) is 2. The lowest BCUT2D eigenvalue weighted by Crippen LogP contribution is -2.60. The molecule has 0 spiro atoms. The minimum absolute atomic E-state index is 0.113. The zero-order valence-corrected chi connectivity index (χ0v) is 30.2. The van der Waals surface area contributed by atoms with Gasteiger partial charge >= 0.3 is 6.03 Å². The predicted molar refractivity (Wildman–Crippen MR) is 190 cm³/mol. The monoisotopic (exact) mass is 679 g/mol. The highest BCUT2D eigenvalue weighted by molar-refractivity contribution is 6.30. The number of carbonyl (C=O) groups is 1. The van der Waals surface area contributed by atoms with Crippen LogP contribution in [0.5, 0.6) is 5.75 Å². The molecule has 47 heavy (non-hydrogen) atoms. The van der Waals surface area contributed by atoms with E-state index in [9.17, 15) is 0 Å². The van der Waals surface area contributed by atoms with Crippen molar-refractivity contribution in [2.75, 3.05) is 53.0 Å². The number of aliphatic imine (C=N–C) groups is 1. The van der Waals surface area contributed by atoms with Gasteiger partial charge in [0, 0.05) is 79.9 Å². The van der Waals surface area contributed by atoms with Crippen molar-refractivity contribution in [2.45, 2.75) is 64.5 Å². The Morgan fingerprint density at radius 3 is 2.09 bits per heavy atom. The molecule has 3 heterocycles. The van der Waals surface area contributed by atoms with E-state index in [1.807, 2.05) is 77.5 Å². The molecule has 0 N–H and O–H groups in total. The van der Waals surface area contributed by atoms with Crippen molar-refractivity contribution in [1.29, 1.82) is 0 Å². The molecule has 0 radical (unpaired) electrons. The van der Waals surface area contributed by atoms with E-state index in [1.165, 1.54) is 0 Å². The number of amidine groups is 1. The SMILES string of the molecule is CCOc1cc(C(C)(C)C)ncc1C1=N[C@@](C)(c2ccc(Cl)cc2)[C@@](C)(c2ccc(Cl)cc2)N1C(=O)N1CCN(CCCOC)CC1. The van der Waals surface area contributed by atoms with Gasteiger partial charge in [-0.2, -0.15) is 0 Å². The van der Waals surface area contributed by atoms with Crippen molar-refractivity contribution in [2.24, 2.45) is 4.99 Å². The van der Waals surface area contributed by atoms with Gasteiger partial charge in [0.15, 0.2) is 0 Å². The Morgan fingerprint density at radius 1 is 0.936 bits per heavy atom. The van der Waals surface area contributed by atoms with E-state index in [-0.39, 0.29) is 11.4 Å². The maximum absolute atomic E-state index is 15.1. The molecule has 3 aromatic rings. The fraction of sp³-hybridized carbons (Fsp3) is 0.486. The molecule has 2 aliphatic heterocycles. The highest BCUT2D eigenvalue weighted by atomic mass is 35.5. The van der Waals surface area contributed by atoms with Gasteiger partial charge in [-0.05, 0) is 62.6 Å². The smallest absolute Gasteiger partial charge is 0.326 e. The van der Waals surface area contributed by atoms with E-state index in [1.54, 1.807) is 7.11 Å². The average molecular weight is 681 g/mol. The number of aromatic nitrogens is 1. The summed E-state index contributed by atoms with van der Waals surface area (Å²) in [6.07, 6.45) is 2.77. The van der Waals surface area contributed by atoms with Gasteiger partial charge in [-0.25, -0.2) is 4.79 Å². The molecular formula is C37H47Cl2N5O3. The first kappa shape index (κ1) is 35.1. The number of piperazine rings is 1. The van der Waals surface area contributed by atoms with Gasteiger partial charge in [0.05, 0.1) is 12.2 Å². The van der Waals surface area contributed by atoms with Crippen molar-refractivity contribution < 1.29 is 14.3 Å². The van der Waals surface area contributed by atoms with E-state index in [2.05, 4.69) is 39.5 Å². The zero-order valence-electron chi connectivity index (χ0n) is 28.6. The number of nitrogens with zero attached hydrogens (tertiary/aromatic N) is 5. The second kappa shape index (κ2) is 14.1. The molecule has 2 aromatic carbocycles. The van der Waals surface area contributed by atoms with Crippen molar-refractivity contribution in [3.8, 4) is 5.75 Å². The second-order valence-corrected chi connectivity index (χ2v) is 14.5. The van der Waals surface area contributed by atoms with Crippen LogP contribution in [0.25, 0.3) is 0 Å². The van der Waals surface area contributed by atoms with Crippen LogP contribution in [0.15, 0.2) is 65.8 Å². The number of urea groups is 1. The molecule has 1 saturated heterocycles. The number of carbonyl (C=O) groups excluding carboxylic acids is 1. The van der Waals surface area contributed by atoms with Gasteiger partial charge in [0.2, 0.25) is 0 Å². The molecule has 0 unspecified atom stereocenters. The van der Waals surface area contributed by atoms with E-state index >= 15 is 4.79 Å². The van der Waals surface area contributed by atoms with Crippen LogP contribution in [0.3, 0.4) is 0 Å². The van der Waals surface area contributed by atoms with E-state index < -0.39 is 11.1 Å². The van der Waals surface area contributed by atoms with Crippen LogP contribution in [0, 0.1) is 0 Å². The molecule has 10 heteroatoms. The van der Waals surface area contributed by atoms with Gasteiger partial charge in [0.25, 0.3) is 0 Å². The number of benzene rings is 2. The summed E-state index contributed by atoms with van der Waals surface area (Å²) in [6, 6.07) is 17.3. The van der Waals surface area contributed by atoms with Gasteiger partial charge in [0.1, 0.15) is 22.7 Å². The molecule has 8 nitrogen and oxygen atoms in total. The summed E-state index contributed by atoms with van der Waals surface area (Å²) in [4.78, 5) is 31.7. The maximum Gasteiger partial charge on any atom is 0.326 e. The lowest BCUT2D eigenvalue weighted by molar-refractivity contribution is 0.0837. The topological polar surface area (TPSA) is 70.5 Å². The number of pyridine rings is 1. The minimum atomic E-state index is -0.973. The Labute approximate surface area is 289 Å². The van der Waals surface area contributed by atoms with Gasteiger partial charge in [-0.3, -0.25) is 19.8 Å². The lowest BCUT2D eigenvalue weighted by atomic mass is 9.71. The fourth-order valence-electron chi connectivity index (χ4n) is 6.59. The van der Waals surface area contributed by atoms with E-state index in [0.717, 1.165) is 49.5 Å². The predicted octanol–water partition coefficient (Wildman–Crippen LogP) is 7.75. The molecule has 0 saturated carbocycles. The Bertz CT molecular complexity index is 1580. The van der Waals surface area contributed by atoms with Gasteiger partial charge in [-0.1, -0.05) is 68.2 Å². The molecule has 2 amide bonds. The van der Waals surface area contributed by atoms with Crippen LogP contribution in [0.1, 0.15) is 70.3 Å². The number of amides is 2. The van der Waals surface area contributed by atoms with Crippen molar-refractivity contribution in [1.82, 2.24) is 19.7 Å². The molecule has 2 atom stereocenters. The Morgan fingerprint density at radius 2 is 1.53 bits per heavy atom. The summed E-state index contributed by atoms with van der Waals surface area (Å²) in [6.45, 7) is 17.4. The number of methoxy groups -OCH3 is 1. The van der Waals surface area contributed by atoms with Crippen LogP contribution < -0.4 is 4.74 Å². The summed E-state index contributed by atoms with van der Waals surface area (Å²) in [5.41, 5.74) is 1.30. The second-order valence-electron chi connectivity index (χ2n) is 13.6. The largest absolute Gasteiger partial charge is 0.493 e. The fourth-order valence-corrected chi connectivity index (χ4v) is 6.85. The van der Waals surface area contributed by atoms with Gasteiger partial charge in [-0.15, -0.1) is 0 Å². The molecule has 2 aliphatic rings. The first-order chi connectivity index (χ1) is 22.3. The highest BCUT2D eigenvalue weighted by Gasteiger charge is 2.60. The third-order valence-electron chi connectivity index (χ3n) is 9.58. The zero-order chi connectivity index (χ0) is 34.0. The molecule has 5 rings (SSSR count).